The van der Waals surface area contributed by atoms with Gasteiger partial charge in [0.25, 0.3) is 0 Å². The van der Waals surface area contributed by atoms with Crippen molar-refractivity contribution in [1.29, 1.82) is 0 Å². The Labute approximate surface area is 128 Å². The first-order chi connectivity index (χ1) is 8.09. The van der Waals surface area contributed by atoms with Gasteiger partial charge < -0.3 is 5.32 Å². The Morgan fingerprint density at radius 1 is 1.28 bits per heavy atom. The number of rotatable bonds is 5. The van der Waals surface area contributed by atoms with Gasteiger partial charge >= 0.3 is 0 Å². The van der Waals surface area contributed by atoms with Crippen LogP contribution in [0.15, 0.2) is 9.85 Å². The summed E-state index contributed by atoms with van der Waals surface area (Å²) < 4.78 is 1.05. The van der Waals surface area contributed by atoms with Crippen molar-refractivity contribution in [3.8, 4) is 0 Å². The van der Waals surface area contributed by atoms with Crippen LogP contribution in [0.25, 0.3) is 0 Å². The molecule has 0 atom stereocenters. The van der Waals surface area contributed by atoms with Crippen LogP contribution in [-0.4, -0.2) is 12.1 Å². The molecule has 0 spiro atoms. The number of hydrogen-bond acceptors (Lipinski definition) is 2. The van der Waals surface area contributed by atoms with Gasteiger partial charge in [-0.05, 0) is 61.0 Å². The summed E-state index contributed by atoms with van der Waals surface area (Å²) in [7, 11) is 0. The third-order valence-electron chi connectivity index (χ3n) is 2.84. The maximum absolute atomic E-state index is 6.05. The molecule has 1 heterocycles. The van der Waals surface area contributed by atoms with Crippen molar-refractivity contribution in [2.24, 2.45) is 5.41 Å². The number of aryl methyl sites for hydroxylation is 1. The van der Waals surface area contributed by atoms with Crippen molar-refractivity contribution in [3.05, 3.63) is 19.8 Å². The zero-order valence-electron chi connectivity index (χ0n) is 11.9. The summed E-state index contributed by atoms with van der Waals surface area (Å²) >= 11 is 11.3. The second kappa shape index (κ2) is 6.25. The number of nitrogens with one attached hydrogen (secondary N) is 1. The van der Waals surface area contributed by atoms with Gasteiger partial charge in [0, 0.05) is 17.0 Å². The van der Waals surface area contributed by atoms with E-state index >= 15 is 0 Å². The molecule has 1 aromatic rings. The summed E-state index contributed by atoms with van der Waals surface area (Å²) in [6, 6.07) is 2.07. The second-order valence-corrected chi connectivity index (χ2v) is 9.46. The molecule has 0 saturated carbocycles. The highest BCUT2D eigenvalue weighted by Gasteiger charge is 2.21. The van der Waals surface area contributed by atoms with Crippen molar-refractivity contribution >= 4 is 38.9 Å². The molecule has 0 bridgehead atoms. The smallest absolute Gasteiger partial charge is 0.0887 e. The van der Waals surface area contributed by atoms with Gasteiger partial charge in [0.1, 0.15) is 0 Å². The van der Waals surface area contributed by atoms with Gasteiger partial charge in [0.15, 0.2) is 0 Å². The van der Waals surface area contributed by atoms with Crippen LogP contribution >= 0.6 is 38.9 Å². The lowest BCUT2D eigenvalue weighted by atomic mass is 9.86. The highest BCUT2D eigenvalue weighted by atomic mass is 79.9. The monoisotopic (exact) mass is 351 g/mol. The van der Waals surface area contributed by atoms with Gasteiger partial charge in [-0.15, -0.1) is 11.3 Å². The molecule has 0 aliphatic carbocycles. The fourth-order valence-electron chi connectivity index (χ4n) is 1.57. The van der Waals surface area contributed by atoms with Gasteiger partial charge in [-0.3, -0.25) is 0 Å². The summed E-state index contributed by atoms with van der Waals surface area (Å²) in [6.45, 7) is 12.3. The van der Waals surface area contributed by atoms with Crippen molar-refractivity contribution < 1.29 is 0 Å². The molecule has 0 aliphatic heterocycles. The van der Waals surface area contributed by atoms with E-state index in [1.165, 1.54) is 11.3 Å². The second-order valence-electron chi connectivity index (χ2n) is 6.60. The minimum atomic E-state index is 0.187. The van der Waals surface area contributed by atoms with E-state index in [1.54, 1.807) is 11.3 Å². The Morgan fingerprint density at radius 2 is 1.89 bits per heavy atom. The van der Waals surface area contributed by atoms with E-state index in [9.17, 15) is 0 Å². The van der Waals surface area contributed by atoms with Crippen LogP contribution in [0.4, 0.5) is 0 Å². The average molecular weight is 353 g/mol. The van der Waals surface area contributed by atoms with E-state index in [2.05, 4.69) is 61.9 Å². The summed E-state index contributed by atoms with van der Waals surface area (Å²) in [6.07, 6.45) is 2.26. The lowest BCUT2D eigenvalue weighted by Crippen LogP contribution is -2.42. The summed E-state index contributed by atoms with van der Waals surface area (Å²) in [5.41, 5.74) is 0.489. The molecule has 0 aromatic carbocycles. The predicted octanol–water partition coefficient (Wildman–Crippen LogP) is 5.51. The SMILES string of the molecule is CC(C)(CCc1cc(Cl)c(Br)s1)CNC(C)(C)C. The molecule has 0 unspecified atom stereocenters. The fourth-order valence-corrected chi connectivity index (χ4v) is 3.39. The van der Waals surface area contributed by atoms with Crippen LogP contribution < -0.4 is 5.32 Å². The molecule has 1 nitrogen and oxygen atoms in total. The summed E-state index contributed by atoms with van der Waals surface area (Å²) in [4.78, 5) is 1.36. The molecule has 4 heteroatoms. The summed E-state index contributed by atoms with van der Waals surface area (Å²) in [5.74, 6) is 0. The van der Waals surface area contributed by atoms with Crippen molar-refractivity contribution in [1.82, 2.24) is 5.32 Å². The molecule has 0 radical (unpaired) electrons. The first-order valence-electron chi connectivity index (χ1n) is 6.28. The Bertz CT molecular complexity index is 373. The molecular formula is C14H23BrClNS. The Kier molecular flexibility index (Phi) is 5.73. The molecule has 0 saturated heterocycles. The number of thiophene rings is 1. The standard InChI is InChI=1S/C14H23BrClNS/c1-13(2,3)17-9-14(4,5)7-6-10-8-11(16)12(15)18-10/h8,17H,6-7,9H2,1-5H3. The van der Waals surface area contributed by atoms with Gasteiger partial charge in [0.2, 0.25) is 0 Å². The maximum Gasteiger partial charge on any atom is 0.0887 e. The minimum absolute atomic E-state index is 0.187. The zero-order valence-corrected chi connectivity index (χ0v) is 15.0. The van der Waals surface area contributed by atoms with E-state index in [0.29, 0.717) is 5.41 Å². The van der Waals surface area contributed by atoms with Gasteiger partial charge in [-0.1, -0.05) is 25.4 Å². The molecule has 0 aliphatic rings. The van der Waals surface area contributed by atoms with Crippen LogP contribution in [0.5, 0.6) is 0 Å². The number of halogens is 2. The molecule has 1 aromatic heterocycles. The van der Waals surface area contributed by atoms with E-state index < -0.39 is 0 Å². The van der Waals surface area contributed by atoms with E-state index in [-0.39, 0.29) is 5.54 Å². The van der Waals surface area contributed by atoms with Gasteiger partial charge in [-0.2, -0.15) is 0 Å². The molecule has 0 fully saturated rings. The fraction of sp³-hybridized carbons (Fsp3) is 0.714. The Balaban J connectivity index is 2.46. The third-order valence-corrected chi connectivity index (χ3v) is 5.38. The molecule has 1 rings (SSSR count). The van der Waals surface area contributed by atoms with Crippen LogP contribution in [0.2, 0.25) is 5.02 Å². The normalized spacial score (nSPS) is 13.1. The Hall–Kier alpha value is 0.430. The third kappa shape index (κ3) is 6.05. The van der Waals surface area contributed by atoms with Crippen molar-refractivity contribution in [3.63, 3.8) is 0 Å². The first-order valence-corrected chi connectivity index (χ1v) is 8.27. The molecule has 104 valence electrons. The zero-order chi connectivity index (χ0) is 14.0. The van der Waals surface area contributed by atoms with Gasteiger partial charge in [0.05, 0.1) is 8.81 Å². The number of hydrogen-bond donors (Lipinski definition) is 1. The van der Waals surface area contributed by atoms with Crippen LogP contribution in [0.1, 0.15) is 45.9 Å². The van der Waals surface area contributed by atoms with Crippen LogP contribution in [-0.2, 0) is 6.42 Å². The summed E-state index contributed by atoms with van der Waals surface area (Å²) in [5, 5.41) is 4.42. The van der Waals surface area contributed by atoms with Crippen molar-refractivity contribution in [2.75, 3.05) is 6.54 Å². The van der Waals surface area contributed by atoms with E-state index in [1.807, 2.05) is 0 Å². The molecule has 1 N–H and O–H groups in total. The molecular weight excluding hydrogens is 330 g/mol. The molecule has 0 amide bonds. The highest BCUT2D eigenvalue weighted by molar-refractivity contribution is 9.11. The first kappa shape index (κ1) is 16.5. The van der Waals surface area contributed by atoms with Crippen LogP contribution in [0, 0.1) is 5.41 Å². The largest absolute Gasteiger partial charge is 0.312 e. The lowest BCUT2D eigenvalue weighted by Gasteiger charge is -2.30. The lowest BCUT2D eigenvalue weighted by molar-refractivity contribution is 0.274. The van der Waals surface area contributed by atoms with Gasteiger partial charge in [-0.25, -0.2) is 0 Å². The predicted molar refractivity (Wildman–Crippen MR) is 86.9 cm³/mol. The quantitative estimate of drug-likeness (QED) is 0.736. The minimum Gasteiger partial charge on any atom is -0.312 e. The van der Waals surface area contributed by atoms with E-state index in [0.717, 1.165) is 21.8 Å². The molecule has 18 heavy (non-hydrogen) atoms. The average Bonchev–Trinajstić information content (AvgIpc) is 2.53. The highest BCUT2D eigenvalue weighted by Crippen LogP contribution is 2.34. The topological polar surface area (TPSA) is 12.0 Å². The van der Waals surface area contributed by atoms with Crippen LogP contribution in [0.3, 0.4) is 0 Å². The maximum atomic E-state index is 6.05. The van der Waals surface area contributed by atoms with E-state index in [4.69, 9.17) is 11.6 Å². The van der Waals surface area contributed by atoms with Crippen molar-refractivity contribution in [2.45, 2.75) is 53.0 Å². The Morgan fingerprint density at radius 3 is 2.33 bits per heavy atom.